The van der Waals surface area contributed by atoms with Crippen LogP contribution in [0.5, 0.6) is 0 Å². The molecule has 10 heavy (non-hydrogen) atoms. The second kappa shape index (κ2) is 6.66. The summed E-state index contributed by atoms with van der Waals surface area (Å²) in [6.07, 6.45) is 5.50. The standard InChI is InChI=1S/C9H18O/c1-4-7-9(8-5-2)10-6-3/h7H,4-6,8H2,1-3H3/b9-7+. The second-order valence-corrected chi connectivity index (χ2v) is 2.26. The summed E-state index contributed by atoms with van der Waals surface area (Å²) in [4.78, 5) is 0. The van der Waals surface area contributed by atoms with Crippen LogP contribution in [0.2, 0.25) is 0 Å². The Kier molecular flexibility index (Phi) is 6.35. The van der Waals surface area contributed by atoms with Crippen LogP contribution >= 0.6 is 0 Å². The van der Waals surface area contributed by atoms with E-state index in [9.17, 15) is 0 Å². The van der Waals surface area contributed by atoms with Crippen LogP contribution in [-0.4, -0.2) is 6.61 Å². The summed E-state index contributed by atoms with van der Waals surface area (Å²) in [6.45, 7) is 7.13. The van der Waals surface area contributed by atoms with Crippen molar-refractivity contribution in [3.63, 3.8) is 0 Å². The number of hydrogen-bond acceptors (Lipinski definition) is 1. The van der Waals surface area contributed by atoms with Gasteiger partial charge in [0.2, 0.25) is 0 Å². The molecule has 0 saturated heterocycles. The fraction of sp³-hybridized carbons (Fsp3) is 0.778. The zero-order valence-electron chi connectivity index (χ0n) is 7.31. The molecular weight excluding hydrogens is 124 g/mol. The van der Waals surface area contributed by atoms with E-state index in [-0.39, 0.29) is 0 Å². The van der Waals surface area contributed by atoms with Gasteiger partial charge in [0.1, 0.15) is 0 Å². The third-order valence-electron chi connectivity index (χ3n) is 1.26. The van der Waals surface area contributed by atoms with Crippen LogP contribution in [0, 0.1) is 0 Å². The average molecular weight is 142 g/mol. The highest BCUT2D eigenvalue weighted by Crippen LogP contribution is 2.06. The minimum atomic E-state index is 0.797. The molecule has 0 heterocycles. The summed E-state index contributed by atoms with van der Waals surface area (Å²) in [5, 5.41) is 0. The number of rotatable bonds is 5. The zero-order valence-corrected chi connectivity index (χ0v) is 7.31. The zero-order chi connectivity index (χ0) is 7.82. The average Bonchev–Trinajstić information content (AvgIpc) is 1.90. The lowest BCUT2D eigenvalue weighted by molar-refractivity contribution is 0.216. The van der Waals surface area contributed by atoms with Gasteiger partial charge >= 0.3 is 0 Å². The second-order valence-electron chi connectivity index (χ2n) is 2.26. The molecule has 0 aromatic carbocycles. The molecule has 1 nitrogen and oxygen atoms in total. The molecule has 0 amide bonds. The highest BCUT2D eigenvalue weighted by Gasteiger charge is 1.92. The maximum absolute atomic E-state index is 5.38. The molecule has 0 unspecified atom stereocenters. The van der Waals surface area contributed by atoms with Crippen molar-refractivity contribution >= 4 is 0 Å². The Labute approximate surface area is 64.1 Å². The first-order valence-corrected chi connectivity index (χ1v) is 4.16. The Morgan fingerprint density at radius 2 is 2.00 bits per heavy atom. The lowest BCUT2D eigenvalue weighted by Crippen LogP contribution is -1.90. The lowest BCUT2D eigenvalue weighted by atomic mass is 10.2. The number of allylic oxidation sites excluding steroid dienone is 2. The molecule has 0 aromatic heterocycles. The number of hydrogen-bond donors (Lipinski definition) is 0. The van der Waals surface area contributed by atoms with E-state index < -0.39 is 0 Å². The summed E-state index contributed by atoms with van der Waals surface area (Å²) in [5.41, 5.74) is 0. The maximum Gasteiger partial charge on any atom is 0.0919 e. The summed E-state index contributed by atoms with van der Waals surface area (Å²) >= 11 is 0. The quantitative estimate of drug-likeness (QED) is 0.536. The van der Waals surface area contributed by atoms with Crippen molar-refractivity contribution in [2.24, 2.45) is 0 Å². The molecule has 0 aliphatic heterocycles. The van der Waals surface area contributed by atoms with Crippen molar-refractivity contribution in [3.05, 3.63) is 11.8 Å². The van der Waals surface area contributed by atoms with Crippen LogP contribution < -0.4 is 0 Å². The molecule has 0 fully saturated rings. The van der Waals surface area contributed by atoms with Crippen LogP contribution in [0.15, 0.2) is 11.8 Å². The summed E-state index contributed by atoms with van der Waals surface area (Å²) in [5.74, 6) is 1.16. The third-order valence-corrected chi connectivity index (χ3v) is 1.26. The van der Waals surface area contributed by atoms with E-state index in [2.05, 4.69) is 19.9 Å². The first kappa shape index (κ1) is 9.54. The Balaban J connectivity index is 3.60. The van der Waals surface area contributed by atoms with E-state index in [4.69, 9.17) is 4.74 Å². The van der Waals surface area contributed by atoms with Gasteiger partial charge in [0.05, 0.1) is 12.4 Å². The molecule has 0 radical (unpaired) electrons. The highest BCUT2D eigenvalue weighted by atomic mass is 16.5. The molecule has 1 heteroatoms. The van der Waals surface area contributed by atoms with Crippen molar-refractivity contribution in [2.45, 2.75) is 40.0 Å². The molecule has 0 saturated carbocycles. The van der Waals surface area contributed by atoms with E-state index in [0.29, 0.717) is 0 Å². The molecule has 0 bridgehead atoms. The van der Waals surface area contributed by atoms with Crippen LogP contribution in [0.25, 0.3) is 0 Å². The minimum Gasteiger partial charge on any atom is -0.499 e. The fourth-order valence-electron chi connectivity index (χ4n) is 0.893. The maximum atomic E-state index is 5.38. The Bertz CT molecular complexity index is 86.9. The van der Waals surface area contributed by atoms with E-state index in [1.54, 1.807) is 0 Å². The van der Waals surface area contributed by atoms with Gasteiger partial charge in [-0.2, -0.15) is 0 Å². The van der Waals surface area contributed by atoms with Crippen molar-refractivity contribution in [3.8, 4) is 0 Å². The molecular formula is C9H18O. The monoisotopic (exact) mass is 142 g/mol. The van der Waals surface area contributed by atoms with E-state index in [1.807, 2.05) is 6.92 Å². The Morgan fingerprint density at radius 3 is 2.40 bits per heavy atom. The van der Waals surface area contributed by atoms with Gasteiger partial charge < -0.3 is 4.74 Å². The van der Waals surface area contributed by atoms with Crippen LogP contribution in [0.3, 0.4) is 0 Å². The van der Waals surface area contributed by atoms with E-state index >= 15 is 0 Å². The largest absolute Gasteiger partial charge is 0.499 e. The van der Waals surface area contributed by atoms with Crippen molar-refractivity contribution < 1.29 is 4.74 Å². The van der Waals surface area contributed by atoms with Crippen molar-refractivity contribution in [1.82, 2.24) is 0 Å². The molecule has 0 atom stereocenters. The Hall–Kier alpha value is -0.460. The predicted octanol–water partition coefficient (Wildman–Crippen LogP) is 3.12. The molecule has 0 N–H and O–H groups in total. The van der Waals surface area contributed by atoms with Crippen LogP contribution in [0.1, 0.15) is 40.0 Å². The Morgan fingerprint density at radius 1 is 1.30 bits per heavy atom. The first-order chi connectivity index (χ1) is 4.85. The van der Waals surface area contributed by atoms with Gasteiger partial charge in [-0.05, 0) is 25.8 Å². The normalized spacial score (nSPS) is 11.7. The summed E-state index contributed by atoms with van der Waals surface area (Å²) < 4.78 is 5.38. The van der Waals surface area contributed by atoms with Gasteiger partial charge in [-0.3, -0.25) is 0 Å². The third kappa shape index (κ3) is 4.42. The molecule has 60 valence electrons. The predicted molar refractivity (Wildman–Crippen MR) is 44.9 cm³/mol. The lowest BCUT2D eigenvalue weighted by Gasteiger charge is -2.05. The molecule has 0 spiro atoms. The van der Waals surface area contributed by atoms with E-state index in [0.717, 1.165) is 25.2 Å². The van der Waals surface area contributed by atoms with E-state index in [1.165, 1.54) is 6.42 Å². The van der Waals surface area contributed by atoms with Gasteiger partial charge in [-0.1, -0.05) is 13.8 Å². The molecule has 0 rings (SSSR count). The molecule has 0 aliphatic rings. The van der Waals surface area contributed by atoms with Crippen molar-refractivity contribution in [2.75, 3.05) is 6.61 Å². The van der Waals surface area contributed by atoms with Gasteiger partial charge in [0.25, 0.3) is 0 Å². The molecule has 0 aliphatic carbocycles. The minimum absolute atomic E-state index is 0.797. The number of ether oxygens (including phenoxy) is 1. The van der Waals surface area contributed by atoms with Crippen LogP contribution in [0.4, 0.5) is 0 Å². The summed E-state index contributed by atoms with van der Waals surface area (Å²) in [7, 11) is 0. The van der Waals surface area contributed by atoms with Gasteiger partial charge in [0.15, 0.2) is 0 Å². The van der Waals surface area contributed by atoms with Gasteiger partial charge in [0, 0.05) is 6.42 Å². The van der Waals surface area contributed by atoms with Gasteiger partial charge in [-0.15, -0.1) is 0 Å². The first-order valence-electron chi connectivity index (χ1n) is 4.16. The SMILES string of the molecule is CC/C=C(\CCC)OCC. The van der Waals surface area contributed by atoms with Gasteiger partial charge in [-0.25, -0.2) is 0 Å². The molecule has 0 aromatic rings. The fourth-order valence-corrected chi connectivity index (χ4v) is 0.893. The highest BCUT2D eigenvalue weighted by molar-refractivity contribution is 4.91. The van der Waals surface area contributed by atoms with Crippen molar-refractivity contribution in [1.29, 1.82) is 0 Å². The summed E-state index contributed by atoms with van der Waals surface area (Å²) in [6, 6.07) is 0. The smallest absolute Gasteiger partial charge is 0.0919 e. The van der Waals surface area contributed by atoms with Crippen LogP contribution in [-0.2, 0) is 4.74 Å². The topological polar surface area (TPSA) is 9.23 Å².